The molecule has 2 amide bonds. The monoisotopic (exact) mass is 435 g/mol. The van der Waals surface area contributed by atoms with Crippen molar-refractivity contribution >= 4 is 29.2 Å². The van der Waals surface area contributed by atoms with Crippen molar-refractivity contribution < 1.29 is 9.53 Å². The second-order valence-corrected chi connectivity index (χ2v) is 8.23. The number of carbonyl (C=O) groups is 1. The van der Waals surface area contributed by atoms with Gasteiger partial charge in [0.2, 0.25) is 0 Å². The Kier molecular flexibility index (Phi) is 6.57. The van der Waals surface area contributed by atoms with Crippen LogP contribution in [-0.2, 0) is 0 Å². The van der Waals surface area contributed by atoms with Gasteiger partial charge in [0.1, 0.15) is 5.75 Å². The number of methoxy groups -OCH3 is 1. The first-order chi connectivity index (χ1) is 15.1. The van der Waals surface area contributed by atoms with Crippen molar-refractivity contribution in [3.05, 3.63) is 66.5 Å². The van der Waals surface area contributed by atoms with Crippen LogP contribution in [0.15, 0.2) is 71.0 Å². The molecule has 1 aromatic heterocycles. The lowest BCUT2D eigenvalue weighted by molar-refractivity contribution is 0.208. The van der Waals surface area contributed by atoms with E-state index in [2.05, 4.69) is 26.3 Å². The van der Waals surface area contributed by atoms with E-state index in [-0.39, 0.29) is 6.03 Å². The number of hydrogen-bond donors (Lipinski definition) is 1. The van der Waals surface area contributed by atoms with E-state index in [1.165, 1.54) is 11.8 Å². The third-order valence-corrected chi connectivity index (χ3v) is 6.07. The van der Waals surface area contributed by atoms with Crippen LogP contribution in [-0.4, -0.2) is 54.2 Å². The molecule has 1 saturated heterocycles. The van der Waals surface area contributed by atoms with Gasteiger partial charge in [-0.2, -0.15) is 0 Å². The summed E-state index contributed by atoms with van der Waals surface area (Å²) in [5, 5.41) is 3.75. The number of nitrogens with one attached hydrogen (secondary N) is 1. The Hall–Kier alpha value is -3.26. The SMILES string of the molecule is COc1ccccc1N1CCN(C(=O)Nc2ccc(Sc3ncccn3)cc2C)CC1. The van der Waals surface area contributed by atoms with Gasteiger partial charge >= 0.3 is 6.03 Å². The number of ether oxygens (including phenoxy) is 1. The second-order valence-electron chi connectivity index (χ2n) is 7.19. The number of piperazine rings is 1. The molecule has 2 aromatic carbocycles. The van der Waals surface area contributed by atoms with E-state index in [0.717, 1.165) is 40.7 Å². The highest BCUT2D eigenvalue weighted by molar-refractivity contribution is 7.99. The number of carbonyl (C=O) groups excluding carboxylic acids is 1. The van der Waals surface area contributed by atoms with Gasteiger partial charge in [-0.05, 0) is 60.6 Å². The predicted molar refractivity (Wildman–Crippen MR) is 123 cm³/mol. The number of nitrogens with zero attached hydrogens (tertiary/aromatic N) is 4. The highest BCUT2D eigenvalue weighted by Crippen LogP contribution is 2.29. The van der Waals surface area contributed by atoms with Gasteiger partial charge in [0, 0.05) is 49.2 Å². The number of anilines is 2. The van der Waals surface area contributed by atoms with Crippen LogP contribution in [0.1, 0.15) is 5.56 Å². The summed E-state index contributed by atoms with van der Waals surface area (Å²) in [5.41, 5.74) is 2.88. The van der Waals surface area contributed by atoms with Gasteiger partial charge in [-0.1, -0.05) is 12.1 Å². The van der Waals surface area contributed by atoms with Crippen LogP contribution in [0.25, 0.3) is 0 Å². The van der Waals surface area contributed by atoms with Crippen LogP contribution in [0.5, 0.6) is 5.75 Å². The average molecular weight is 436 g/mol. The minimum absolute atomic E-state index is 0.0745. The van der Waals surface area contributed by atoms with Crippen LogP contribution in [0, 0.1) is 6.92 Å². The van der Waals surface area contributed by atoms with Gasteiger partial charge in [-0.3, -0.25) is 0 Å². The van der Waals surface area contributed by atoms with Crippen molar-refractivity contribution in [2.45, 2.75) is 17.0 Å². The fraction of sp³-hybridized carbons (Fsp3) is 0.261. The average Bonchev–Trinajstić information content (AvgIpc) is 2.81. The summed E-state index contributed by atoms with van der Waals surface area (Å²) in [5.74, 6) is 0.856. The molecule has 8 heteroatoms. The summed E-state index contributed by atoms with van der Waals surface area (Å²) in [6.07, 6.45) is 3.45. The summed E-state index contributed by atoms with van der Waals surface area (Å²) in [7, 11) is 1.68. The molecule has 0 atom stereocenters. The van der Waals surface area contributed by atoms with Gasteiger partial charge in [0.05, 0.1) is 12.8 Å². The lowest BCUT2D eigenvalue weighted by Gasteiger charge is -2.36. The molecule has 0 bridgehead atoms. The minimum Gasteiger partial charge on any atom is -0.495 e. The fourth-order valence-corrected chi connectivity index (χ4v) is 4.33. The van der Waals surface area contributed by atoms with Crippen LogP contribution in [0.3, 0.4) is 0 Å². The molecule has 4 rings (SSSR count). The lowest BCUT2D eigenvalue weighted by Crippen LogP contribution is -2.50. The van der Waals surface area contributed by atoms with Crippen LogP contribution >= 0.6 is 11.8 Å². The van der Waals surface area contributed by atoms with Crippen LogP contribution in [0.2, 0.25) is 0 Å². The van der Waals surface area contributed by atoms with E-state index in [1.807, 2.05) is 48.2 Å². The third-order valence-electron chi connectivity index (χ3n) is 5.18. The molecule has 160 valence electrons. The zero-order chi connectivity index (χ0) is 21.6. The smallest absolute Gasteiger partial charge is 0.321 e. The van der Waals surface area contributed by atoms with Crippen LogP contribution in [0.4, 0.5) is 16.2 Å². The predicted octanol–water partition coefficient (Wildman–Crippen LogP) is 4.30. The van der Waals surface area contributed by atoms with Crippen molar-refractivity contribution in [1.82, 2.24) is 14.9 Å². The zero-order valence-electron chi connectivity index (χ0n) is 17.6. The third kappa shape index (κ3) is 5.08. The van der Waals surface area contributed by atoms with Crippen molar-refractivity contribution in [2.24, 2.45) is 0 Å². The van der Waals surface area contributed by atoms with Crippen LogP contribution < -0.4 is 15.0 Å². The highest BCUT2D eigenvalue weighted by atomic mass is 32.2. The molecule has 31 heavy (non-hydrogen) atoms. The van der Waals surface area contributed by atoms with E-state index < -0.39 is 0 Å². The number of urea groups is 1. The normalized spacial score (nSPS) is 13.7. The summed E-state index contributed by atoms with van der Waals surface area (Å²) < 4.78 is 5.47. The highest BCUT2D eigenvalue weighted by Gasteiger charge is 2.23. The Labute approximate surface area is 186 Å². The molecule has 2 heterocycles. The fourth-order valence-electron chi connectivity index (χ4n) is 3.52. The Morgan fingerprint density at radius 3 is 2.48 bits per heavy atom. The molecular weight excluding hydrogens is 410 g/mol. The van der Waals surface area contributed by atoms with E-state index in [0.29, 0.717) is 18.2 Å². The molecule has 0 spiro atoms. The molecule has 3 aromatic rings. The minimum atomic E-state index is -0.0745. The molecule has 1 N–H and O–H groups in total. The molecule has 1 aliphatic heterocycles. The Morgan fingerprint density at radius 2 is 1.77 bits per heavy atom. The zero-order valence-corrected chi connectivity index (χ0v) is 18.4. The van der Waals surface area contributed by atoms with E-state index in [9.17, 15) is 4.79 Å². The summed E-state index contributed by atoms with van der Waals surface area (Å²) >= 11 is 1.50. The number of aromatic nitrogens is 2. The first-order valence-electron chi connectivity index (χ1n) is 10.1. The topological polar surface area (TPSA) is 70.6 Å². The summed E-state index contributed by atoms with van der Waals surface area (Å²) in [6, 6.07) is 15.7. The largest absolute Gasteiger partial charge is 0.495 e. The molecular formula is C23H25N5O2S. The Bertz CT molecular complexity index is 1040. The number of aryl methyl sites for hydroxylation is 1. The first-order valence-corrected chi connectivity index (χ1v) is 10.9. The number of para-hydroxylation sites is 2. The van der Waals surface area contributed by atoms with Gasteiger partial charge < -0.3 is 19.9 Å². The first kappa shape index (κ1) is 21.0. The molecule has 0 aliphatic carbocycles. The molecule has 0 saturated carbocycles. The lowest BCUT2D eigenvalue weighted by atomic mass is 10.2. The summed E-state index contributed by atoms with van der Waals surface area (Å²) in [4.78, 5) is 26.4. The molecule has 1 fully saturated rings. The van der Waals surface area contributed by atoms with Crippen molar-refractivity contribution in [3.63, 3.8) is 0 Å². The maximum absolute atomic E-state index is 12.8. The van der Waals surface area contributed by atoms with Gasteiger partial charge in [0.25, 0.3) is 0 Å². The second kappa shape index (κ2) is 9.70. The quantitative estimate of drug-likeness (QED) is 0.603. The van der Waals surface area contributed by atoms with Crippen molar-refractivity contribution in [3.8, 4) is 5.75 Å². The maximum Gasteiger partial charge on any atom is 0.321 e. The molecule has 7 nitrogen and oxygen atoms in total. The van der Waals surface area contributed by atoms with Crippen molar-refractivity contribution in [2.75, 3.05) is 43.5 Å². The summed E-state index contributed by atoms with van der Waals surface area (Å²) in [6.45, 7) is 4.83. The number of rotatable bonds is 5. The number of benzene rings is 2. The van der Waals surface area contributed by atoms with Crippen molar-refractivity contribution in [1.29, 1.82) is 0 Å². The van der Waals surface area contributed by atoms with E-state index in [4.69, 9.17) is 4.74 Å². The van der Waals surface area contributed by atoms with Gasteiger partial charge in [-0.25, -0.2) is 14.8 Å². The number of amides is 2. The Morgan fingerprint density at radius 1 is 1.03 bits per heavy atom. The van der Waals surface area contributed by atoms with E-state index >= 15 is 0 Å². The van der Waals surface area contributed by atoms with E-state index in [1.54, 1.807) is 25.6 Å². The molecule has 0 radical (unpaired) electrons. The molecule has 1 aliphatic rings. The van der Waals surface area contributed by atoms with Gasteiger partial charge in [-0.15, -0.1) is 0 Å². The van der Waals surface area contributed by atoms with Gasteiger partial charge in [0.15, 0.2) is 5.16 Å². The maximum atomic E-state index is 12.8. The number of hydrogen-bond acceptors (Lipinski definition) is 6. The standard InChI is InChI=1S/C23H25N5O2S/c1-17-16-18(31-22-24-10-5-11-25-22)8-9-19(17)26-23(29)28-14-12-27(13-15-28)20-6-3-4-7-21(20)30-2/h3-11,16H,12-15H2,1-2H3,(H,26,29). The Balaban J connectivity index is 1.35. The molecule has 0 unspecified atom stereocenters.